The lowest BCUT2D eigenvalue weighted by Gasteiger charge is -2.39. The van der Waals surface area contributed by atoms with Gasteiger partial charge in [-0.25, -0.2) is 4.98 Å². The molecule has 1 aliphatic heterocycles. The van der Waals surface area contributed by atoms with E-state index in [0.29, 0.717) is 18.9 Å². The van der Waals surface area contributed by atoms with Gasteiger partial charge in [0.25, 0.3) is 5.69 Å². The van der Waals surface area contributed by atoms with Crippen LogP contribution in [-0.4, -0.2) is 59.2 Å². The fourth-order valence-corrected chi connectivity index (χ4v) is 2.22. The van der Waals surface area contributed by atoms with Crippen molar-refractivity contribution >= 4 is 11.5 Å². The first-order chi connectivity index (χ1) is 9.56. The number of aliphatic hydroxyl groups excluding tert-OH is 1. The Morgan fingerprint density at radius 2 is 2.40 bits per heavy atom. The fourth-order valence-electron chi connectivity index (χ4n) is 2.22. The van der Waals surface area contributed by atoms with E-state index in [-0.39, 0.29) is 23.9 Å². The van der Waals surface area contributed by atoms with Gasteiger partial charge in [-0.05, 0) is 7.05 Å². The Bertz CT molecular complexity index is 557. The molecule has 1 N–H and O–H groups in total. The summed E-state index contributed by atoms with van der Waals surface area (Å²) in [5.41, 5.74) is -0.0152. The summed E-state index contributed by atoms with van der Waals surface area (Å²) in [5.74, 6) is 0.435. The van der Waals surface area contributed by atoms with Gasteiger partial charge in [0.05, 0.1) is 17.6 Å². The second kappa shape index (κ2) is 5.81. The van der Waals surface area contributed by atoms with E-state index in [0.717, 1.165) is 12.7 Å². The van der Waals surface area contributed by atoms with Crippen molar-refractivity contribution in [1.82, 2.24) is 9.88 Å². The van der Waals surface area contributed by atoms with Crippen LogP contribution in [0, 0.1) is 21.4 Å². The molecule has 1 aliphatic rings. The third-order valence-corrected chi connectivity index (χ3v) is 3.47. The molecule has 0 saturated carbocycles. The monoisotopic (exact) mass is 277 g/mol. The third-order valence-electron chi connectivity index (χ3n) is 3.47. The van der Waals surface area contributed by atoms with Gasteiger partial charge < -0.3 is 10.0 Å². The maximum atomic E-state index is 10.7. The number of hydrogen-bond donors (Lipinski definition) is 1. The van der Waals surface area contributed by atoms with Gasteiger partial charge in [0.1, 0.15) is 23.6 Å². The molecule has 106 valence electrons. The molecule has 2 rings (SSSR count). The number of nitrogens with zero attached hydrogens (tertiary/aromatic N) is 5. The highest BCUT2D eigenvalue weighted by Crippen LogP contribution is 2.23. The molecule has 1 aromatic rings. The van der Waals surface area contributed by atoms with E-state index in [1.54, 1.807) is 0 Å². The average Bonchev–Trinajstić information content (AvgIpc) is 2.47. The quantitative estimate of drug-likeness (QED) is 0.611. The lowest BCUT2D eigenvalue weighted by atomic mass is 10.1. The smallest absolute Gasteiger partial charge is 0.289 e. The Morgan fingerprint density at radius 1 is 1.65 bits per heavy atom. The normalized spacial score (nSPS) is 19.6. The average molecular weight is 277 g/mol. The van der Waals surface area contributed by atoms with Crippen molar-refractivity contribution in [2.24, 2.45) is 0 Å². The second-order valence-corrected chi connectivity index (χ2v) is 4.70. The summed E-state index contributed by atoms with van der Waals surface area (Å²) in [4.78, 5) is 18.1. The lowest BCUT2D eigenvalue weighted by molar-refractivity contribution is -0.385. The van der Waals surface area contributed by atoms with Crippen LogP contribution >= 0.6 is 0 Å². The third kappa shape index (κ3) is 2.68. The molecule has 0 aliphatic carbocycles. The SMILES string of the molecule is CN1CCN(c2ncc([N+](=O)[O-])cc2C#N)C[C@@H]1CO. The van der Waals surface area contributed by atoms with Gasteiger partial charge in [0, 0.05) is 25.7 Å². The van der Waals surface area contributed by atoms with Crippen LogP contribution in [0.4, 0.5) is 11.5 Å². The number of aromatic nitrogens is 1. The van der Waals surface area contributed by atoms with E-state index in [4.69, 9.17) is 5.26 Å². The van der Waals surface area contributed by atoms with Crippen LogP contribution < -0.4 is 4.90 Å². The van der Waals surface area contributed by atoms with Crippen molar-refractivity contribution < 1.29 is 10.0 Å². The van der Waals surface area contributed by atoms with Crippen molar-refractivity contribution in [3.05, 3.63) is 27.9 Å². The summed E-state index contributed by atoms with van der Waals surface area (Å²) < 4.78 is 0. The predicted octanol–water partition coefficient (Wildman–Crippen LogP) is -0.0258. The van der Waals surface area contributed by atoms with Gasteiger partial charge in [0.15, 0.2) is 0 Å². The number of aliphatic hydroxyl groups is 1. The molecule has 1 aromatic heterocycles. The van der Waals surface area contributed by atoms with Gasteiger partial charge in [-0.3, -0.25) is 15.0 Å². The van der Waals surface area contributed by atoms with E-state index in [1.807, 2.05) is 22.9 Å². The summed E-state index contributed by atoms with van der Waals surface area (Å²) in [6.45, 7) is 1.94. The van der Waals surface area contributed by atoms with E-state index >= 15 is 0 Å². The number of piperazine rings is 1. The van der Waals surface area contributed by atoms with Crippen molar-refractivity contribution in [3.63, 3.8) is 0 Å². The molecule has 1 fully saturated rings. The van der Waals surface area contributed by atoms with Crippen LogP contribution in [0.15, 0.2) is 12.3 Å². The van der Waals surface area contributed by atoms with Crippen LogP contribution in [0.5, 0.6) is 0 Å². The molecular weight excluding hydrogens is 262 g/mol. The molecule has 0 amide bonds. The maximum Gasteiger partial charge on any atom is 0.289 e. The predicted molar refractivity (Wildman–Crippen MR) is 71.3 cm³/mol. The van der Waals surface area contributed by atoms with Crippen molar-refractivity contribution in [3.8, 4) is 6.07 Å². The van der Waals surface area contributed by atoms with Crippen LogP contribution in [-0.2, 0) is 0 Å². The molecular formula is C12H15N5O3. The minimum atomic E-state index is -0.571. The molecule has 0 radical (unpaired) electrons. The second-order valence-electron chi connectivity index (χ2n) is 4.70. The van der Waals surface area contributed by atoms with E-state index in [2.05, 4.69) is 4.98 Å². The highest BCUT2D eigenvalue weighted by atomic mass is 16.6. The molecule has 0 unspecified atom stereocenters. The molecule has 8 nitrogen and oxygen atoms in total. The summed E-state index contributed by atoms with van der Waals surface area (Å²) in [7, 11) is 1.92. The summed E-state index contributed by atoms with van der Waals surface area (Å²) in [5, 5.41) is 29.2. The Morgan fingerprint density at radius 3 is 3.00 bits per heavy atom. The number of rotatable bonds is 3. The number of nitriles is 1. The van der Waals surface area contributed by atoms with Gasteiger partial charge in [-0.1, -0.05) is 0 Å². The van der Waals surface area contributed by atoms with Crippen molar-refractivity contribution in [1.29, 1.82) is 5.26 Å². The molecule has 0 bridgehead atoms. The molecule has 20 heavy (non-hydrogen) atoms. The molecule has 1 saturated heterocycles. The van der Waals surface area contributed by atoms with E-state index in [9.17, 15) is 15.2 Å². The molecule has 0 aromatic carbocycles. The largest absolute Gasteiger partial charge is 0.395 e. The van der Waals surface area contributed by atoms with Gasteiger partial charge >= 0.3 is 0 Å². The lowest BCUT2D eigenvalue weighted by Crippen LogP contribution is -2.53. The first-order valence-corrected chi connectivity index (χ1v) is 6.17. The molecule has 1 atom stereocenters. The van der Waals surface area contributed by atoms with Crippen LogP contribution in [0.1, 0.15) is 5.56 Å². The van der Waals surface area contributed by atoms with Crippen LogP contribution in [0.2, 0.25) is 0 Å². The zero-order valence-electron chi connectivity index (χ0n) is 11.1. The van der Waals surface area contributed by atoms with Gasteiger partial charge in [0.2, 0.25) is 0 Å². The van der Waals surface area contributed by atoms with Gasteiger partial charge in [-0.15, -0.1) is 0 Å². The minimum absolute atomic E-state index is 0.0157. The molecule has 2 heterocycles. The maximum absolute atomic E-state index is 10.7. The fraction of sp³-hybridized carbons (Fsp3) is 0.500. The first kappa shape index (κ1) is 14.2. The Hall–Kier alpha value is -2.24. The zero-order valence-corrected chi connectivity index (χ0v) is 11.1. The molecule has 0 spiro atoms. The van der Waals surface area contributed by atoms with Crippen LogP contribution in [0.25, 0.3) is 0 Å². The number of anilines is 1. The number of likely N-dealkylation sites (N-methyl/N-ethyl adjacent to an activating group) is 1. The number of hydrogen-bond acceptors (Lipinski definition) is 7. The highest BCUT2D eigenvalue weighted by molar-refractivity contribution is 5.57. The standard InChI is InChI=1S/C12H15N5O3/c1-15-2-3-16(7-11(15)8-18)12-9(5-13)4-10(6-14-12)17(19)20/h4,6,11,18H,2-3,7-8H2,1H3/t11-/m1/s1. The Kier molecular flexibility index (Phi) is 4.12. The zero-order chi connectivity index (χ0) is 14.7. The first-order valence-electron chi connectivity index (χ1n) is 6.17. The Labute approximate surface area is 116 Å². The number of nitro groups is 1. The van der Waals surface area contributed by atoms with Gasteiger partial charge in [-0.2, -0.15) is 5.26 Å². The van der Waals surface area contributed by atoms with E-state index < -0.39 is 4.92 Å². The van der Waals surface area contributed by atoms with Crippen molar-refractivity contribution in [2.75, 3.05) is 38.2 Å². The summed E-state index contributed by atoms with van der Waals surface area (Å²) in [6, 6.07) is 3.14. The van der Waals surface area contributed by atoms with Crippen LogP contribution in [0.3, 0.4) is 0 Å². The topological polar surface area (TPSA) is 107 Å². The summed E-state index contributed by atoms with van der Waals surface area (Å²) in [6.07, 6.45) is 1.16. The van der Waals surface area contributed by atoms with E-state index in [1.165, 1.54) is 6.07 Å². The summed E-state index contributed by atoms with van der Waals surface area (Å²) >= 11 is 0. The van der Waals surface area contributed by atoms with Crippen molar-refractivity contribution in [2.45, 2.75) is 6.04 Å². The highest BCUT2D eigenvalue weighted by Gasteiger charge is 2.26. The molecule has 8 heteroatoms. The minimum Gasteiger partial charge on any atom is -0.395 e. The number of pyridine rings is 1. The Balaban J connectivity index is 2.29.